The minimum atomic E-state index is -0.00238. The van der Waals surface area contributed by atoms with E-state index in [0.717, 1.165) is 5.56 Å². The standard InChI is InChI=1S/C13H18N2O/c1-10(2)15(3)13(16)8-7-11-5-4-6-12(14)9-11/h4-10H,14H2,1-3H3/b8-7+. The zero-order valence-electron chi connectivity index (χ0n) is 9.97. The van der Waals surface area contributed by atoms with Gasteiger partial charge in [0.1, 0.15) is 0 Å². The van der Waals surface area contributed by atoms with Gasteiger partial charge in [0.25, 0.3) is 0 Å². The van der Waals surface area contributed by atoms with Crippen molar-refractivity contribution in [2.24, 2.45) is 0 Å². The van der Waals surface area contributed by atoms with E-state index in [4.69, 9.17) is 5.73 Å². The molecule has 16 heavy (non-hydrogen) atoms. The topological polar surface area (TPSA) is 46.3 Å². The zero-order valence-corrected chi connectivity index (χ0v) is 9.97. The molecule has 0 aromatic heterocycles. The van der Waals surface area contributed by atoms with Gasteiger partial charge in [-0.1, -0.05) is 12.1 Å². The highest BCUT2D eigenvalue weighted by atomic mass is 16.2. The molecule has 0 aliphatic heterocycles. The lowest BCUT2D eigenvalue weighted by molar-refractivity contribution is -0.126. The number of likely N-dealkylation sites (N-methyl/N-ethyl adjacent to an activating group) is 1. The molecule has 0 saturated heterocycles. The van der Waals surface area contributed by atoms with Crippen molar-refractivity contribution < 1.29 is 4.79 Å². The Hall–Kier alpha value is -1.77. The minimum absolute atomic E-state index is 0.00238. The maximum absolute atomic E-state index is 11.7. The molecule has 0 aliphatic carbocycles. The SMILES string of the molecule is CC(C)N(C)C(=O)/C=C/c1cccc(N)c1. The van der Waals surface area contributed by atoms with Gasteiger partial charge in [0, 0.05) is 24.9 Å². The number of carbonyl (C=O) groups is 1. The van der Waals surface area contributed by atoms with E-state index >= 15 is 0 Å². The number of hydrogen-bond donors (Lipinski definition) is 1. The van der Waals surface area contributed by atoms with Crippen LogP contribution in [0.15, 0.2) is 30.3 Å². The summed E-state index contributed by atoms with van der Waals surface area (Å²) in [5.74, 6) is -0.00238. The molecule has 0 spiro atoms. The van der Waals surface area contributed by atoms with Gasteiger partial charge in [0.05, 0.1) is 0 Å². The molecule has 1 aromatic carbocycles. The Labute approximate surface area is 96.6 Å². The van der Waals surface area contributed by atoms with Crippen LogP contribution in [0.1, 0.15) is 19.4 Å². The van der Waals surface area contributed by atoms with Crippen molar-refractivity contribution in [3.63, 3.8) is 0 Å². The Morgan fingerprint density at radius 3 is 2.69 bits per heavy atom. The van der Waals surface area contributed by atoms with Crippen LogP contribution in [-0.2, 0) is 4.79 Å². The van der Waals surface area contributed by atoms with E-state index in [0.29, 0.717) is 5.69 Å². The summed E-state index contributed by atoms with van der Waals surface area (Å²) in [7, 11) is 1.79. The van der Waals surface area contributed by atoms with Crippen LogP contribution in [0.2, 0.25) is 0 Å². The van der Waals surface area contributed by atoms with E-state index in [-0.39, 0.29) is 11.9 Å². The molecule has 0 saturated carbocycles. The molecule has 3 heteroatoms. The number of nitrogens with two attached hydrogens (primary N) is 1. The highest BCUT2D eigenvalue weighted by Crippen LogP contribution is 2.08. The second-order valence-corrected chi connectivity index (χ2v) is 4.05. The van der Waals surface area contributed by atoms with Gasteiger partial charge in [0.2, 0.25) is 5.91 Å². The van der Waals surface area contributed by atoms with Crippen molar-refractivity contribution in [1.29, 1.82) is 0 Å². The van der Waals surface area contributed by atoms with Crippen molar-refractivity contribution >= 4 is 17.7 Å². The monoisotopic (exact) mass is 218 g/mol. The molecule has 1 amide bonds. The third-order valence-corrected chi connectivity index (χ3v) is 2.45. The third-order valence-electron chi connectivity index (χ3n) is 2.45. The van der Waals surface area contributed by atoms with Crippen molar-refractivity contribution in [2.75, 3.05) is 12.8 Å². The van der Waals surface area contributed by atoms with Gasteiger partial charge in [-0.3, -0.25) is 4.79 Å². The first-order valence-corrected chi connectivity index (χ1v) is 5.31. The van der Waals surface area contributed by atoms with Crippen LogP contribution in [0.5, 0.6) is 0 Å². The summed E-state index contributed by atoms with van der Waals surface area (Å²) in [6, 6.07) is 7.64. The van der Waals surface area contributed by atoms with Gasteiger partial charge >= 0.3 is 0 Å². The van der Waals surface area contributed by atoms with E-state index in [1.165, 1.54) is 0 Å². The van der Waals surface area contributed by atoms with E-state index in [2.05, 4.69) is 0 Å². The number of benzene rings is 1. The summed E-state index contributed by atoms with van der Waals surface area (Å²) in [5, 5.41) is 0. The van der Waals surface area contributed by atoms with Crippen LogP contribution in [0, 0.1) is 0 Å². The molecule has 0 fully saturated rings. The number of anilines is 1. The van der Waals surface area contributed by atoms with Gasteiger partial charge in [0.15, 0.2) is 0 Å². The third kappa shape index (κ3) is 3.42. The van der Waals surface area contributed by atoms with Gasteiger partial charge in [-0.25, -0.2) is 0 Å². The Morgan fingerprint density at radius 1 is 1.44 bits per heavy atom. The van der Waals surface area contributed by atoms with Crippen molar-refractivity contribution in [3.8, 4) is 0 Å². The van der Waals surface area contributed by atoms with Gasteiger partial charge in [-0.15, -0.1) is 0 Å². The summed E-state index contributed by atoms with van der Waals surface area (Å²) in [5.41, 5.74) is 7.28. The predicted octanol–water partition coefficient (Wildman–Crippen LogP) is 2.15. The van der Waals surface area contributed by atoms with Crippen molar-refractivity contribution in [3.05, 3.63) is 35.9 Å². The molecular formula is C13H18N2O. The Kier molecular flexibility index (Phi) is 4.11. The number of hydrogen-bond acceptors (Lipinski definition) is 2. The van der Waals surface area contributed by atoms with Crippen LogP contribution in [0.4, 0.5) is 5.69 Å². The van der Waals surface area contributed by atoms with Crippen LogP contribution >= 0.6 is 0 Å². The first kappa shape index (κ1) is 12.3. The van der Waals surface area contributed by atoms with E-state index in [1.807, 2.05) is 38.1 Å². The number of amides is 1. The van der Waals surface area contributed by atoms with Crippen LogP contribution in [0.25, 0.3) is 6.08 Å². The highest BCUT2D eigenvalue weighted by Gasteiger charge is 2.07. The predicted molar refractivity (Wildman–Crippen MR) is 67.8 cm³/mol. The second kappa shape index (κ2) is 5.35. The Morgan fingerprint density at radius 2 is 2.12 bits per heavy atom. The fourth-order valence-corrected chi connectivity index (χ4v) is 1.20. The van der Waals surface area contributed by atoms with Crippen molar-refractivity contribution in [2.45, 2.75) is 19.9 Å². The van der Waals surface area contributed by atoms with Gasteiger partial charge in [-0.05, 0) is 37.6 Å². The van der Waals surface area contributed by atoms with Crippen LogP contribution in [0.3, 0.4) is 0 Å². The molecule has 0 bridgehead atoms. The molecule has 1 aromatic rings. The summed E-state index contributed by atoms with van der Waals surface area (Å²) in [4.78, 5) is 13.3. The van der Waals surface area contributed by atoms with E-state index < -0.39 is 0 Å². The van der Waals surface area contributed by atoms with E-state index in [1.54, 1.807) is 24.1 Å². The molecule has 0 atom stereocenters. The molecule has 0 radical (unpaired) electrons. The lowest BCUT2D eigenvalue weighted by Crippen LogP contribution is -2.31. The zero-order chi connectivity index (χ0) is 12.1. The fourth-order valence-electron chi connectivity index (χ4n) is 1.20. The normalized spacial score (nSPS) is 11.0. The van der Waals surface area contributed by atoms with Gasteiger partial charge < -0.3 is 10.6 Å². The van der Waals surface area contributed by atoms with Crippen LogP contribution < -0.4 is 5.73 Å². The maximum Gasteiger partial charge on any atom is 0.246 e. The maximum atomic E-state index is 11.7. The minimum Gasteiger partial charge on any atom is -0.399 e. The fraction of sp³-hybridized carbons (Fsp3) is 0.308. The summed E-state index contributed by atoms with van der Waals surface area (Å²) in [6.07, 6.45) is 3.34. The largest absolute Gasteiger partial charge is 0.399 e. The molecule has 2 N–H and O–H groups in total. The molecular weight excluding hydrogens is 200 g/mol. The Bertz CT molecular complexity index is 397. The lowest BCUT2D eigenvalue weighted by Gasteiger charge is -2.19. The first-order chi connectivity index (χ1) is 7.50. The molecule has 3 nitrogen and oxygen atoms in total. The average Bonchev–Trinajstić information content (AvgIpc) is 2.24. The lowest BCUT2D eigenvalue weighted by atomic mass is 10.2. The van der Waals surface area contributed by atoms with Crippen molar-refractivity contribution in [1.82, 2.24) is 4.90 Å². The van der Waals surface area contributed by atoms with Gasteiger partial charge in [-0.2, -0.15) is 0 Å². The Balaban J connectivity index is 2.70. The first-order valence-electron chi connectivity index (χ1n) is 5.31. The molecule has 1 rings (SSSR count). The molecule has 0 aliphatic rings. The number of nitrogen functional groups attached to an aromatic ring is 1. The molecule has 0 unspecified atom stereocenters. The van der Waals surface area contributed by atoms with Crippen LogP contribution in [-0.4, -0.2) is 23.9 Å². The molecule has 0 heterocycles. The smallest absolute Gasteiger partial charge is 0.246 e. The second-order valence-electron chi connectivity index (χ2n) is 4.05. The molecule has 86 valence electrons. The average molecular weight is 218 g/mol. The quantitative estimate of drug-likeness (QED) is 0.624. The summed E-state index contributed by atoms with van der Waals surface area (Å²) < 4.78 is 0. The number of nitrogens with zero attached hydrogens (tertiary/aromatic N) is 1. The summed E-state index contributed by atoms with van der Waals surface area (Å²) >= 11 is 0. The number of carbonyl (C=O) groups excluding carboxylic acids is 1. The summed E-state index contributed by atoms with van der Waals surface area (Å²) in [6.45, 7) is 3.96. The number of rotatable bonds is 3. The highest BCUT2D eigenvalue weighted by molar-refractivity contribution is 5.91. The van der Waals surface area contributed by atoms with E-state index in [9.17, 15) is 4.79 Å².